The van der Waals surface area contributed by atoms with E-state index in [0.29, 0.717) is 51.9 Å². The molecule has 2 aromatic carbocycles. The molecule has 0 atom stereocenters. The molecule has 0 fully saturated rings. The second-order valence-electron chi connectivity index (χ2n) is 9.67. The Kier molecular flexibility index (Phi) is 14.7. The van der Waals surface area contributed by atoms with E-state index < -0.39 is 18.8 Å². The van der Waals surface area contributed by atoms with Gasteiger partial charge in [0.25, 0.3) is 0 Å². The number of nitrogens with zero attached hydrogens (tertiary/aromatic N) is 5. The second-order valence-corrected chi connectivity index (χ2v) is 18.4. The minimum absolute atomic E-state index is 0.0427. The number of para-hydroxylation sites is 2. The van der Waals surface area contributed by atoms with Crippen LogP contribution in [0.2, 0.25) is 0 Å². The Morgan fingerprint density at radius 3 is 1.78 bits per heavy atom. The molecule has 1 aromatic heterocycles. The van der Waals surface area contributed by atoms with Crippen molar-refractivity contribution in [1.82, 2.24) is 10.3 Å². The number of fused-ring (bicyclic) bond motifs is 2. The number of benzene rings is 2. The molecule has 239 valence electrons. The van der Waals surface area contributed by atoms with Crippen molar-refractivity contribution in [3.8, 4) is 0 Å². The molecule has 1 radical (unpaired) electrons. The van der Waals surface area contributed by atoms with Crippen molar-refractivity contribution in [2.45, 2.75) is 20.8 Å². The van der Waals surface area contributed by atoms with Gasteiger partial charge in [-0.1, -0.05) is 0 Å². The molecular weight excluding hydrogens is 734 g/mol. The van der Waals surface area contributed by atoms with Crippen LogP contribution in [-0.2, 0) is 14.3 Å². The van der Waals surface area contributed by atoms with Crippen molar-refractivity contribution in [3.05, 3.63) is 89.7 Å². The standard InChI is InChI=1S/C31H36N8O4S2.Sb/c1-21(40)20-43-17-16-42-15-14-32-29(41)24-18-27(22(2)36-38-30(44)33-25-10-6-4-7-11-25)35-28(19-24)23(3)37-39-31(45)34-26-12-8-5-9-13-26;/h4-13,18-19H,14-17,20H2,1-3H3,(H,32,41)(H2,33,38,44)(H2,34,39,45);/q;+2/p-2/b36-22+,37-23+;. The van der Waals surface area contributed by atoms with Crippen molar-refractivity contribution < 1.29 is 19.1 Å². The van der Waals surface area contributed by atoms with Crippen molar-refractivity contribution >= 4 is 81.3 Å². The molecule has 46 heavy (non-hydrogen) atoms. The summed E-state index contributed by atoms with van der Waals surface area (Å²) in [6.45, 7) is 6.32. The molecule has 4 rings (SSSR count). The SMILES string of the molecule is CC(=O)COCCOCCNC(=O)c1cc2nc(c1)/C(C)=N/N=C(/Nc1ccccc1)[S][Sb][S]/C(Nc1ccccc1)=N\N=C\2C. The molecule has 15 heteroatoms. The zero-order chi connectivity index (χ0) is 32.6. The first kappa shape index (κ1) is 35.3. The van der Waals surface area contributed by atoms with Crippen LogP contribution in [0.4, 0.5) is 11.4 Å². The summed E-state index contributed by atoms with van der Waals surface area (Å²) in [6.07, 6.45) is 0. The van der Waals surface area contributed by atoms with E-state index in [9.17, 15) is 9.59 Å². The molecule has 0 unspecified atom stereocenters. The van der Waals surface area contributed by atoms with Crippen LogP contribution in [0.25, 0.3) is 0 Å². The average Bonchev–Trinajstić information content (AvgIpc) is 3.06. The summed E-state index contributed by atoms with van der Waals surface area (Å²) in [5, 5.41) is 29.0. The molecule has 0 saturated carbocycles. The fraction of sp³-hybridized carbons (Fsp3) is 0.258. The normalized spacial score (nSPS) is 18.2. The van der Waals surface area contributed by atoms with Crippen molar-refractivity contribution in [2.75, 3.05) is 43.6 Å². The van der Waals surface area contributed by atoms with Gasteiger partial charge in [-0.05, 0) is 6.92 Å². The summed E-state index contributed by atoms with van der Waals surface area (Å²) in [4.78, 5) is 28.9. The van der Waals surface area contributed by atoms with Gasteiger partial charge in [-0.2, -0.15) is 0 Å². The maximum atomic E-state index is 13.2. The molecule has 1 aliphatic heterocycles. The molecule has 12 nitrogen and oxygen atoms in total. The van der Waals surface area contributed by atoms with Crippen LogP contribution in [0.1, 0.15) is 42.5 Å². The third-order valence-electron chi connectivity index (χ3n) is 5.92. The number of nitrogens with one attached hydrogen (secondary N) is 3. The average molecular weight is 769 g/mol. The molecule has 3 N–H and O–H groups in total. The first-order valence-electron chi connectivity index (χ1n) is 14.3. The second kappa shape index (κ2) is 19.2. The number of pyridine rings is 1. The molecule has 2 heterocycles. The zero-order valence-corrected chi connectivity index (χ0v) is 29.8. The number of ketones is 1. The summed E-state index contributed by atoms with van der Waals surface area (Å²) >= 11 is -0.999. The molecule has 0 saturated heterocycles. The van der Waals surface area contributed by atoms with Gasteiger partial charge in [0.1, 0.15) is 6.61 Å². The van der Waals surface area contributed by atoms with Gasteiger partial charge in [0, 0.05) is 0 Å². The van der Waals surface area contributed by atoms with Crippen LogP contribution in [0.5, 0.6) is 0 Å². The Morgan fingerprint density at radius 1 is 0.739 bits per heavy atom. The predicted octanol–water partition coefficient (Wildman–Crippen LogP) is 4.83. The van der Waals surface area contributed by atoms with Crippen LogP contribution < -0.4 is 16.0 Å². The molecule has 1 aliphatic rings. The van der Waals surface area contributed by atoms with E-state index in [1.807, 2.05) is 60.7 Å². The number of rotatable bonds is 11. The van der Waals surface area contributed by atoms with Crippen molar-refractivity contribution in [2.24, 2.45) is 20.4 Å². The van der Waals surface area contributed by atoms with E-state index >= 15 is 0 Å². The summed E-state index contributed by atoms with van der Waals surface area (Å²) in [5.41, 5.74) is 4.22. The van der Waals surface area contributed by atoms with E-state index in [4.69, 9.17) is 14.5 Å². The summed E-state index contributed by atoms with van der Waals surface area (Å²) in [5.74, 6) is -0.343. The Balaban J connectivity index is 1.58. The zero-order valence-electron chi connectivity index (χ0n) is 25.6. The predicted molar refractivity (Wildman–Crippen MR) is 189 cm³/mol. The molecule has 0 aliphatic carbocycles. The van der Waals surface area contributed by atoms with Gasteiger partial charge < -0.3 is 9.47 Å². The summed E-state index contributed by atoms with van der Waals surface area (Å²) < 4.78 is 10.7. The van der Waals surface area contributed by atoms with Crippen molar-refractivity contribution in [1.29, 1.82) is 0 Å². The van der Waals surface area contributed by atoms with Gasteiger partial charge in [-0.15, -0.1) is 0 Å². The summed E-state index contributed by atoms with van der Waals surface area (Å²) in [7, 11) is 3.23. The molecule has 2 bridgehead atoms. The fourth-order valence-corrected chi connectivity index (χ4v) is 10.8. The maximum absolute atomic E-state index is 13.2. The van der Waals surface area contributed by atoms with Gasteiger partial charge in [-0.3, -0.25) is 4.79 Å². The molecular formula is C31H34N8O4S2Sb. The number of carbonyl (C=O) groups is 2. The molecule has 3 aromatic rings. The molecule has 1 amide bonds. The Hall–Kier alpha value is -3.55. The fourth-order valence-electron chi connectivity index (χ4n) is 3.66. The van der Waals surface area contributed by atoms with Gasteiger partial charge >= 0.3 is 238 Å². The van der Waals surface area contributed by atoms with E-state index in [0.717, 1.165) is 11.4 Å². The Morgan fingerprint density at radius 2 is 1.26 bits per heavy atom. The number of carbonyl (C=O) groups excluding carboxylic acids is 2. The first-order valence-corrected chi connectivity index (χ1v) is 22.1. The third-order valence-corrected chi connectivity index (χ3v) is 14.0. The van der Waals surface area contributed by atoms with Crippen LogP contribution in [-0.4, -0.2) is 90.2 Å². The monoisotopic (exact) mass is 767 g/mol. The number of amidine groups is 2. The third kappa shape index (κ3) is 12.3. The number of hydrogen-bond donors (Lipinski definition) is 3. The number of ether oxygens (including phenoxy) is 2. The minimum atomic E-state index is -0.999. The Labute approximate surface area is 283 Å². The number of aromatic nitrogens is 1. The van der Waals surface area contributed by atoms with E-state index in [1.54, 1.807) is 43.7 Å². The van der Waals surface area contributed by atoms with Crippen molar-refractivity contribution in [3.63, 3.8) is 0 Å². The van der Waals surface area contributed by atoms with Gasteiger partial charge in [0.05, 0.1) is 13.2 Å². The quantitative estimate of drug-likeness (QED) is 0.184. The van der Waals surface area contributed by atoms with Crippen LogP contribution in [0.3, 0.4) is 0 Å². The van der Waals surface area contributed by atoms with Gasteiger partial charge in [0.2, 0.25) is 0 Å². The molecule has 0 spiro atoms. The number of hydrogen-bond acceptors (Lipinski definition) is 13. The van der Waals surface area contributed by atoms with Crippen LogP contribution >= 0.6 is 17.7 Å². The number of amides is 1. The number of Topliss-reactive ketones (excluding diaryl/α,β-unsaturated/α-hetero) is 1. The van der Waals surface area contributed by atoms with Gasteiger partial charge in [-0.25, -0.2) is 0 Å². The van der Waals surface area contributed by atoms with Gasteiger partial charge in [0.15, 0.2) is 5.78 Å². The summed E-state index contributed by atoms with van der Waals surface area (Å²) in [6, 6.07) is 22.9. The van der Waals surface area contributed by atoms with E-state index in [1.165, 1.54) is 6.92 Å². The van der Waals surface area contributed by atoms with E-state index in [-0.39, 0.29) is 31.4 Å². The van der Waals surface area contributed by atoms with Crippen LogP contribution in [0, 0.1) is 0 Å². The Bertz CT molecular complexity index is 1510. The number of anilines is 2. The van der Waals surface area contributed by atoms with E-state index in [2.05, 4.69) is 36.4 Å². The van der Waals surface area contributed by atoms with Crippen LogP contribution in [0.15, 0.2) is 93.2 Å². The topological polar surface area (TPSA) is 151 Å². The first-order chi connectivity index (χ1) is 22.4.